The summed E-state index contributed by atoms with van der Waals surface area (Å²) in [4.78, 5) is 48.7. The number of anilines is 2. The minimum atomic E-state index is -1.06. The minimum absolute atomic E-state index is 0.0258. The topological polar surface area (TPSA) is 137 Å². The molecule has 35 heavy (non-hydrogen) atoms. The predicted octanol–water partition coefficient (Wildman–Crippen LogP) is 1.70. The van der Waals surface area contributed by atoms with E-state index in [1.165, 1.54) is 11.8 Å². The molecule has 3 amide bonds. The molecule has 5 rings (SSSR count). The van der Waals surface area contributed by atoms with Crippen LogP contribution >= 0.6 is 0 Å². The van der Waals surface area contributed by atoms with Crippen molar-refractivity contribution in [3.8, 4) is 5.88 Å². The number of carboxylic acids is 1. The number of amides is 3. The van der Waals surface area contributed by atoms with Gasteiger partial charge in [-0.25, -0.2) is 14.8 Å². The van der Waals surface area contributed by atoms with E-state index in [1.807, 2.05) is 0 Å². The lowest BCUT2D eigenvalue weighted by Gasteiger charge is -2.23. The van der Waals surface area contributed by atoms with Crippen LogP contribution in [0.4, 0.5) is 16.3 Å². The fourth-order valence-corrected chi connectivity index (χ4v) is 4.70. The van der Waals surface area contributed by atoms with Crippen molar-refractivity contribution in [1.29, 1.82) is 0 Å². The van der Waals surface area contributed by atoms with Crippen LogP contribution in [-0.2, 0) is 22.4 Å². The standard InChI is InChI=1S/C24H28N6O5/c31-20-14-35-22-19(28-20)11-16(12-26-22)18(23(32)33)13-30-10-9-29(24(30)34)8-2-4-17-6-5-15-3-1-7-25-21(15)27-17/h5-6,11-12,18H,1-4,7-10,13-14H2,(H,25,27)(H,28,31)(H,32,33)/t18-/m1/s1. The summed E-state index contributed by atoms with van der Waals surface area (Å²) in [5, 5.41) is 15.8. The number of carbonyl (C=O) groups is 3. The summed E-state index contributed by atoms with van der Waals surface area (Å²) in [6.07, 6.45) is 5.15. The van der Waals surface area contributed by atoms with Gasteiger partial charge in [-0.1, -0.05) is 6.07 Å². The molecule has 0 radical (unpaired) electrons. The van der Waals surface area contributed by atoms with Crippen LogP contribution in [0.1, 0.15) is 35.6 Å². The third-order valence-corrected chi connectivity index (χ3v) is 6.58. The average molecular weight is 481 g/mol. The first-order valence-corrected chi connectivity index (χ1v) is 11.9. The Hall–Kier alpha value is -3.89. The van der Waals surface area contributed by atoms with E-state index in [4.69, 9.17) is 9.72 Å². The van der Waals surface area contributed by atoms with Crippen LogP contribution < -0.4 is 15.4 Å². The number of nitrogens with zero attached hydrogens (tertiary/aromatic N) is 4. The molecule has 3 N–H and O–H groups in total. The van der Waals surface area contributed by atoms with Gasteiger partial charge >= 0.3 is 12.0 Å². The molecule has 0 spiro atoms. The van der Waals surface area contributed by atoms with Crippen molar-refractivity contribution >= 4 is 29.4 Å². The lowest BCUT2D eigenvalue weighted by atomic mass is 10.00. The van der Waals surface area contributed by atoms with E-state index in [0.717, 1.165) is 43.7 Å². The Bertz CT molecular complexity index is 1160. The van der Waals surface area contributed by atoms with Crippen molar-refractivity contribution in [2.24, 2.45) is 0 Å². The molecule has 0 unspecified atom stereocenters. The molecule has 0 aromatic carbocycles. The number of ether oxygens (including phenoxy) is 1. The van der Waals surface area contributed by atoms with Gasteiger partial charge in [-0.2, -0.15) is 0 Å². The number of aliphatic carboxylic acids is 1. The third-order valence-electron chi connectivity index (χ3n) is 6.58. The Balaban J connectivity index is 1.17. The van der Waals surface area contributed by atoms with Crippen LogP contribution in [-0.4, -0.2) is 82.1 Å². The van der Waals surface area contributed by atoms with Gasteiger partial charge in [-0.3, -0.25) is 9.59 Å². The molecule has 0 saturated carbocycles. The number of hydrogen-bond donors (Lipinski definition) is 3. The van der Waals surface area contributed by atoms with Crippen LogP contribution in [0, 0.1) is 0 Å². The Labute approximate surface area is 202 Å². The number of nitrogens with one attached hydrogen (secondary N) is 2. The van der Waals surface area contributed by atoms with Gasteiger partial charge in [-0.15, -0.1) is 0 Å². The van der Waals surface area contributed by atoms with E-state index in [9.17, 15) is 19.5 Å². The molecule has 3 aliphatic heterocycles. The van der Waals surface area contributed by atoms with Gasteiger partial charge in [0, 0.05) is 44.6 Å². The molecule has 1 saturated heterocycles. The number of carbonyl (C=O) groups excluding carboxylic acids is 2. The second kappa shape index (κ2) is 9.77. The van der Waals surface area contributed by atoms with Crippen LogP contribution in [0.15, 0.2) is 24.4 Å². The number of aromatic nitrogens is 2. The molecule has 11 heteroatoms. The van der Waals surface area contributed by atoms with Crippen molar-refractivity contribution < 1.29 is 24.2 Å². The monoisotopic (exact) mass is 480 g/mol. The number of fused-ring (bicyclic) bond motifs is 2. The predicted molar refractivity (Wildman–Crippen MR) is 127 cm³/mol. The zero-order valence-electron chi connectivity index (χ0n) is 19.3. The summed E-state index contributed by atoms with van der Waals surface area (Å²) in [5.74, 6) is -1.13. The summed E-state index contributed by atoms with van der Waals surface area (Å²) >= 11 is 0. The highest BCUT2D eigenvalue weighted by molar-refractivity contribution is 5.95. The highest BCUT2D eigenvalue weighted by Gasteiger charge is 2.33. The smallest absolute Gasteiger partial charge is 0.320 e. The fraction of sp³-hybridized carbons (Fsp3) is 0.458. The first-order chi connectivity index (χ1) is 17.0. The number of aryl methyl sites for hydroxylation is 2. The second-order valence-corrected chi connectivity index (χ2v) is 9.01. The van der Waals surface area contributed by atoms with Crippen molar-refractivity contribution in [2.75, 3.05) is 50.0 Å². The van der Waals surface area contributed by atoms with Crippen LogP contribution in [0.25, 0.3) is 0 Å². The lowest BCUT2D eigenvalue weighted by molar-refractivity contribution is -0.139. The Morgan fingerprint density at radius 3 is 2.94 bits per heavy atom. The van der Waals surface area contributed by atoms with E-state index in [-0.39, 0.29) is 31.0 Å². The normalized spacial score (nSPS) is 17.7. The van der Waals surface area contributed by atoms with E-state index >= 15 is 0 Å². The number of pyridine rings is 2. The fourth-order valence-electron chi connectivity index (χ4n) is 4.70. The molecule has 3 aliphatic rings. The quantitative estimate of drug-likeness (QED) is 0.519. The largest absolute Gasteiger partial charge is 0.481 e. The van der Waals surface area contributed by atoms with Gasteiger partial charge in [0.25, 0.3) is 5.91 Å². The molecule has 2 aromatic rings. The number of rotatable bonds is 8. The molecule has 1 atom stereocenters. The SMILES string of the molecule is O=C1COc2ncc([C@@H](CN3CCN(CCCc4ccc5c(n4)NCCC5)C3=O)C(=O)O)cc2N1. The summed E-state index contributed by atoms with van der Waals surface area (Å²) in [6.45, 7) is 2.45. The minimum Gasteiger partial charge on any atom is -0.481 e. The molecule has 0 aliphatic carbocycles. The van der Waals surface area contributed by atoms with Crippen molar-refractivity contribution in [2.45, 2.75) is 31.6 Å². The number of urea groups is 1. The second-order valence-electron chi connectivity index (χ2n) is 9.01. The molecule has 0 bridgehead atoms. The van der Waals surface area contributed by atoms with Gasteiger partial charge in [0.2, 0.25) is 5.88 Å². The Morgan fingerprint density at radius 1 is 1.23 bits per heavy atom. The first kappa shape index (κ1) is 22.9. The van der Waals surface area contributed by atoms with Gasteiger partial charge in [-0.05, 0) is 48.9 Å². The number of carboxylic acid groups (broad SMARTS) is 1. The molecular weight excluding hydrogens is 452 g/mol. The Kier molecular flexibility index (Phi) is 6.39. The van der Waals surface area contributed by atoms with Gasteiger partial charge < -0.3 is 30.3 Å². The molecule has 184 valence electrons. The number of hydrogen-bond acceptors (Lipinski definition) is 7. The summed E-state index contributed by atoms with van der Waals surface area (Å²) in [5.41, 5.74) is 3.00. The maximum atomic E-state index is 12.9. The summed E-state index contributed by atoms with van der Waals surface area (Å²) in [6, 6.07) is 5.57. The molecule has 5 heterocycles. The highest BCUT2D eigenvalue weighted by atomic mass is 16.5. The van der Waals surface area contributed by atoms with Crippen molar-refractivity contribution in [1.82, 2.24) is 19.8 Å². The van der Waals surface area contributed by atoms with E-state index in [1.54, 1.807) is 15.9 Å². The maximum absolute atomic E-state index is 12.9. The summed E-state index contributed by atoms with van der Waals surface area (Å²) in [7, 11) is 0. The molecule has 2 aromatic heterocycles. The van der Waals surface area contributed by atoms with Crippen LogP contribution in [0.5, 0.6) is 5.88 Å². The van der Waals surface area contributed by atoms with Gasteiger partial charge in [0.05, 0.1) is 0 Å². The average Bonchev–Trinajstić information content (AvgIpc) is 3.20. The van der Waals surface area contributed by atoms with E-state index in [0.29, 0.717) is 30.9 Å². The zero-order valence-corrected chi connectivity index (χ0v) is 19.3. The molecule has 1 fully saturated rings. The first-order valence-electron chi connectivity index (χ1n) is 11.9. The van der Waals surface area contributed by atoms with Crippen LogP contribution in [0.3, 0.4) is 0 Å². The zero-order chi connectivity index (χ0) is 24.4. The lowest BCUT2D eigenvalue weighted by Crippen LogP contribution is -2.37. The van der Waals surface area contributed by atoms with E-state index in [2.05, 4.69) is 27.8 Å². The Morgan fingerprint density at radius 2 is 2.09 bits per heavy atom. The third kappa shape index (κ3) is 4.98. The van der Waals surface area contributed by atoms with Gasteiger partial charge in [0.15, 0.2) is 6.61 Å². The van der Waals surface area contributed by atoms with Crippen molar-refractivity contribution in [3.63, 3.8) is 0 Å². The van der Waals surface area contributed by atoms with Crippen LogP contribution in [0.2, 0.25) is 0 Å². The maximum Gasteiger partial charge on any atom is 0.320 e. The highest BCUT2D eigenvalue weighted by Crippen LogP contribution is 2.30. The molecule has 11 nitrogen and oxygen atoms in total. The summed E-state index contributed by atoms with van der Waals surface area (Å²) < 4.78 is 5.24. The van der Waals surface area contributed by atoms with Gasteiger partial charge in [0.1, 0.15) is 17.4 Å². The molecular formula is C24H28N6O5. The van der Waals surface area contributed by atoms with E-state index < -0.39 is 11.9 Å². The van der Waals surface area contributed by atoms with Crippen molar-refractivity contribution in [3.05, 3.63) is 41.2 Å².